The Morgan fingerprint density at radius 1 is 1.05 bits per heavy atom. The molecule has 3 rings (SSSR count). The second-order valence-corrected chi connectivity index (χ2v) is 7.32. The van der Waals surface area contributed by atoms with Crippen molar-refractivity contribution >= 4 is 15.9 Å². The molecule has 1 nitrogen and oxygen atoms in total. The molecule has 0 aromatic heterocycles. The van der Waals surface area contributed by atoms with E-state index < -0.39 is 0 Å². The molecule has 0 spiro atoms. The van der Waals surface area contributed by atoms with Crippen LogP contribution in [0.25, 0.3) is 0 Å². The fraction of sp³-hybridized carbons (Fsp3) is 0.647. The minimum Gasteiger partial charge on any atom is -0.307 e. The van der Waals surface area contributed by atoms with E-state index in [9.17, 15) is 0 Å². The molecular weight excluding hydrogens is 298 g/mol. The van der Waals surface area contributed by atoms with Gasteiger partial charge in [-0.15, -0.1) is 0 Å². The van der Waals surface area contributed by atoms with Crippen molar-refractivity contribution in [3.8, 4) is 0 Å². The summed E-state index contributed by atoms with van der Waals surface area (Å²) >= 11 is 3.50. The first-order valence-corrected chi connectivity index (χ1v) is 8.53. The third-order valence-corrected chi connectivity index (χ3v) is 5.39. The van der Waals surface area contributed by atoms with E-state index in [1.54, 1.807) is 0 Å². The molecule has 1 aromatic rings. The zero-order valence-corrected chi connectivity index (χ0v) is 13.3. The lowest BCUT2D eigenvalue weighted by atomic mass is 9.82. The molecule has 0 heterocycles. The summed E-state index contributed by atoms with van der Waals surface area (Å²) in [5, 5.41) is 3.85. The van der Waals surface area contributed by atoms with Crippen LogP contribution in [0.3, 0.4) is 0 Å². The fourth-order valence-corrected chi connectivity index (χ4v) is 3.84. The van der Waals surface area contributed by atoms with Crippen molar-refractivity contribution in [2.24, 2.45) is 11.8 Å². The van der Waals surface area contributed by atoms with Crippen molar-refractivity contribution in [2.75, 3.05) is 0 Å². The summed E-state index contributed by atoms with van der Waals surface area (Å²) in [6.07, 6.45) is 8.68. The van der Waals surface area contributed by atoms with E-state index in [0.29, 0.717) is 6.04 Å². The normalized spacial score (nSPS) is 29.2. The molecule has 2 aliphatic carbocycles. The highest BCUT2D eigenvalue weighted by molar-refractivity contribution is 9.10. The predicted molar refractivity (Wildman–Crippen MR) is 84.2 cm³/mol. The smallest absolute Gasteiger partial charge is 0.0294 e. The van der Waals surface area contributed by atoms with Gasteiger partial charge >= 0.3 is 0 Å². The van der Waals surface area contributed by atoms with E-state index in [1.165, 1.54) is 44.1 Å². The van der Waals surface area contributed by atoms with Gasteiger partial charge in [0.1, 0.15) is 0 Å². The van der Waals surface area contributed by atoms with Crippen molar-refractivity contribution in [3.63, 3.8) is 0 Å². The van der Waals surface area contributed by atoms with Crippen LogP contribution in [0.2, 0.25) is 0 Å². The monoisotopic (exact) mass is 321 g/mol. The molecule has 19 heavy (non-hydrogen) atoms. The predicted octanol–water partition coefficient (Wildman–Crippen LogP) is 5.07. The second-order valence-electron chi connectivity index (χ2n) is 6.40. The van der Waals surface area contributed by atoms with Crippen molar-refractivity contribution in [3.05, 3.63) is 34.3 Å². The molecule has 2 fully saturated rings. The Morgan fingerprint density at radius 2 is 1.79 bits per heavy atom. The summed E-state index contributed by atoms with van der Waals surface area (Å²) in [6, 6.07) is 9.93. The quantitative estimate of drug-likeness (QED) is 0.816. The van der Waals surface area contributed by atoms with Crippen LogP contribution >= 0.6 is 15.9 Å². The highest BCUT2D eigenvalue weighted by Gasteiger charge is 2.34. The van der Waals surface area contributed by atoms with Crippen LogP contribution in [0.4, 0.5) is 0 Å². The molecular formula is C17H24BrN. The maximum absolute atomic E-state index is 3.85. The largest absolute Gasteiger partial charge is 0.307 e. The third kappa shape index (κ3) is 3.61. The SMILES string of the molecule is C[C@H](NC1CCCC(C2CC2)C1)c1ccc(Br)cc1. The lowest BCUT2D eigenvalue weighted by molar-refractivity contribution is 0.249. The standard InChI is InChI=1S/C17H24BrN/c1-12(13-7-9-16(18)10-8-13)19-17-4-2-3-15(11-17)14-5-6-14/h7-10,12,14-15,17,19H,2-6,11H2,1H3/t12-,15?,17?/m0/s1. The van der Waals surface area contributed by atoms with Crippen LogP contribution in [-0.4, -0.2) is 6.04 Å². The lowest BCUT2D eigenvalue weighted by Gasteiger charge is -2.32. The summed E-state index contributed by atoms with van der Waals surface area (Å²) in [5.74, 6) is 2.09. The van der Waals surface area contributed by atoms with Gasteiger partial charge in [0.05, 0.1) is 0 Å². The average Bonchev–Trinajstić information content (AvgIpc) is 3.24. The Bertz CT molecular complexity index is 410. The average molecular weight is 322 g/mol. The molecule has 3 atom stereocenters. The van der Waals surface area contributed by atoms with Gasteiger partial charge in [0.25, 0.3) is 0 Å². The van der Waals surface area contributed by atoms with Gasteiger partial charge < -0.3 is 5.32 Å². The topological polar surface area (TPSA) is 12.0 Å². The van der Waals surface area contributed by atoms with Crippen molar-refractivity contribution in [1.82, 2.24) is 5.32 Å². The molecule has 2 heteroatoms. The fourth-order valence-electron chi connectivity index (χ4n) is 3.58. The van der Waals surface area contributed by atoms with Crippen LogP contribution in [0.5, 0.6) is 0 Å². The Kier molecular flexibility index (Phi) is 4.28. The Labute approximate surface area is 125 Å². The molecule has 2 unspecified atom stereocenters. The van der Waals surface area contributed by atoms with E-state index in [-0.39, 0.29) is 0 Å². The second kappa shape index (κ2) is 5.97. The Balaban J connectivity index is 1.56. The summed E-state index contributed by atoms with van der Waals surface area (Å²) in [4.78, 5) is 0. The summed E-state index contributed by atoms with van der Waals surface area (Å²) in [7, 11) is 0. The van der Waals surface area contributed by atoms with Gasteiger partial charge in [-0.25, -0.2) is 0 Å². The highest BCUT2D eigenvalue weighted by atomic mass is 79.9. The van der Waals surface area contributed by atoms with Crippen LogP contribution < -0.4 is 5.32 Å². The third-order valence-electron chi connectivity index (χ3n) is 4.86. The van der Waals surface area contributed by atoms with E-state index in [1.807, 2.05) is 0 Å². The zero-order valence-electron chi connectivity index (χ0n) is 11.7. The van der Waals surface area contributed by atoms with Gasteiger partial charge in [0.15, 0.2) is 0 Å². The Hall–Kier alpha value is -0.340. The van der Waals surface area contributed by atoms with Gasteiger partial charge in [-0.2, -0.15) is 0 Å². The van der Waals surface area contributed by atoms with Gasteiger partial charge in [0, 0.05) is 16.6 Å². The highest BCUT2D eigenvalue weighted by Crippen LogP contribution is 2.44. The van der Waals surface area contributed by atoms with E-state index in [2.05, 4.69) is 52.4 Å². The number of nitrogens with one attached hydrogen (secondary N) is 1. The Morgan fingerprint density at radius 3 is 2.47 bits per heavy atom. The van der Waals surface area contributed by atoms with E-state index in [0.717, 1.165) is 22.4 Å². The summed E-state index contributed by atoms with van der Waals surface area (Å²) < 4.78 is 1.16. The molecule has 1 N–H and O–H groups in total. The van der Waals surface area contributed by atoms with Crippen LogP contribution in [0.1, 0.15) is 57.1 Å². The molecule has 2 aliphatic rings. The maximum Gasteiger partial charge on any atom is 0.0294 e. The number of rotatable bonds is 4. The minimum absolute atomic E-state index is 0.469. The zero-order chi connectivity index (χ0) is 13.2. The van der Waals surface area contributed by atoms with Gasteiger partial charge in [0.2, 0.25) is 0 Å². The summed E-state index contributed by atoms with van der Waals surface area (Å²) in [5.41, 5.74) is 1.40. The van der Waals surface area contributed by atoms with Crippen molar-refractivity contribution in [1.29, 1.82) is 0 Å². The first-order valence-electron chi connectivity index (χ1n) is 7.74. The molecule has 104 valence electrons. The summed E-state index contributed by atoms with van der Waals surface area (Å²) in [6.45, 7) is 2.30. The molecule has 2 saturated carbocycles. The molecule has 1 aromatic carbocycles. The van der Waals surface area contributed by atoms with E-state index in [4.69, 9.17) is 0 Å². The molecule has 0 aliphatic heterocycles. The molecule has 0 radical (unpaired) electrons. The number of benzene rings is 1. The maximum atomic E-state index is 3.85. The number of halogens is 1. The van der Waals surface area contributed by atoms with Crippen LogP contribution in [-0.2, 0) is 0 Å². The van der Waals surface area contributed by atoms with E-state index >= 15 is 0 Å². The lowest BCUT2D eigenvalue weighted by Crippen LogP contribution is -2.36. The number of hydrogen-bond donors (Lipinski definition) is 1. The first-order chi connectivity index (χ1) is 9.22. The molecule has 0 bridgehead atoms. The van der Waals surface area contributed by atoms with Crippen molar-refractivity contribution in [2.45, 2.75) is 57.5 Å². The van der Waals surface area contributed by atoms with Gasteiger partial charge in [-0.1, -0.05) is 40.9 Å². The van der Waals surface area contributed by atoms with Crippen molar-refractivity contribution < 1.29 is 0 Å². The van der Waals surface area contributed by atoms with Crippen LogP contribution in [0.15, 0.2) is 28.7 Å². The first kappa shape index (κ1) is 13.6. The molecule has 0 saturated heterocycles. The minimum atomic E-state index is 0.469. The van der Waals surface area contributed by atoms with Crippen LogP contribution in [0, 0.1) is 11.8 Å². The van der Waals surface area contributed by atoms with Gasteiger partial charge in [-0.3, -0.25) is 0 Å². The van der Waals surface area contributed by atoms with Gasteiger partial charge in [-0.05, 0) is 62.1 Å². The molecule has 0 amide bonds. The number of hydrogen-bond acceptors (Lipinski definition) is 1.